The van der Waals surface area contributed by atoms with Gasteiger partial charge in [0, 0.05) is 10.0 Å². The Hall–Kier alpha value is -0.170. The number of hydrogen-bond acceptors (Lipinski definition) is 3. The molecule has 1 aromatic heterocycles. The van der Waals surface area contributed by atoms with E-state index in [4.69, 9.17) is 4.74 Å². The Balaban J connectivity index is 2.03. The van der Waals surface area contributed by atoms with Crippen molar-refractivity contribution in [3.63, 3.8) is 0 Å². The van der Waals surface area contributed by atoms with E-state index in [1.165, 1.54) is 11.3 Å². The minimum Gasteiger partial charge on any atom is -0.485 e. The van der Waals surface area contributed by atoms with E-state index in [1.807, 2.05) is 24.3 Å². The molecular weight excluding hydrogens is 448 g/mol. The molecule has 0 unspecified atom stereocenters. The molecule has 2 aromatic rings. The third-order valence-corrected chi connectivity index (χ3v) is 4.96. The second-order valence-electron chi connectivity index (χ2n) is 3.41. The number of rotatable bonds is 4. The molecule has 0 spiro atoms. The second-order valence-corrected chi connectivity index (χ2v) is 8.07. The highest BCUT2D eigenvalue weighted by molar-refractivity contribution is 9.12. The summed E-state index contributed by atoms with van der Waals surface area (Å²) in [5.74, 6) is 0.618. The van der Waals surface area contributed by atoms with Crippen LogP contribution in [0.25, 0.3) is 0 Å². The molecule has 0 fully saturated rings. The third-order valence-electron chi connectivity index (χ3n) is 2.12. The van der Waals surface area contributed by atoms with E-state index in [0.717, 1.165) is 12.0 Å². The molecule has 1 heterocycles. The van der Waals surface area contributed by atoms with Gasteiger partial charge in [-0.15, -0.1) is 11.3 Å². The summed E-state index contributed by atoms with van der Waals surface area (Å²) in [5.41, 5.74) is 0.641. The van der Waals surface area contributed by atoms with Crippen molar-refractivity contribution in [2.24, 2.45) is 0 Å². The van der Waals surface area contributed by atoms with E-state index in [-0.39, 0.29) is 12.4 Å². The summed E-state index contributed by atoms with van der Waals surface area (Å²) in [7, 11) is 0. The van der Waals surface area contributed by atoms with Crippen molar-refractivity contribution in [2.75, 3.05) is 6.61 Å². The molecule has 0 saturated heterocycles. The van der Waals surface area contributed by atoms with Crippen LogP contribution in [0.3, 0.4) is 0 Å². The van der Waals surface area contributed by atoms with Gasteiger partial charge in [-0.25, -0.2) is 0 Å². The van der Waals surface area contributed by atoms with Gasteiger partial charge in [0.2, 0.25) is 5.78 Å². The summed E-state index contributed by atoms with van der Waals surface area (Å²) in [4.78, 5) is 12.0. The molecular formula is C12H7Br3O2S. The highest BCUT2D eigenvalue weighted by atomic mass is 79.9. The zero-order chi connectivity index (χ0) is 13.1. The number of hydrogen-bond donors (Lipinski definition) is 0. The summed E-state index contributed by atoms with van der Waals surface area (Å²) < 4.78 is 8.11. The minimum absolute atomic E-state index is 0.0260. The van der Waals surface area contributed by atoms with Crippen LogP contribution in [0.5, 0.6) is 5.75 Å². The molecule has 0 saturated carbocycles. The van der Waals surface area contributed by atoms with E-state index in [2.05, 4.69) is 47.8 Å². The summed E-state index contributed by atoms with van der Waals surface area (Å²) >= 11 is 11.5. The maximum Gasteiger partial charge on any atom is 0.202 e. The predicted molar refractivity (Wildman–Crippen MR) is 83.7 cm³/mol. The molecule has 1 aromatic carbocycles. The molecule has 0 aliphatic rings. The molecule has 18 heavy (non-hydrogen) atoms. The van der Waals surface area contributed by atoms with Gasteiger partial charge < -0.3 is 4.74 Å². The summed E-state index contributed by atoms with van der Waals surface area (Å²) in [6, 6.07) is 9.20. The first-order valence-electron chi connectivity index (χ1n) is 4.92. The van der Waals surface area contributed by atoms with Gasteiger partial charge in [0.05, 0.1) is 7.57 Å². The zero-order valence-corrected chi connectivity index (χ0v) is 14.5. The molecule has 2 rings (SSSR count). The first-order chi connectivity index (χ1) is 8.56. The number of Topliss-reactive ketones (excluding diaryl/α,β-unsaturated/α-hetero) is 1. The fourth-order valence-electron chi connectivity index (χ4n) is 1.31. The van der Waals surface area contributed by atoms with Crippen LogP contribution in [-0.4, -0.2) is 12.4 Å². The Bertz CT molecular complexity index is 580. The highest BCUT2D eigenvalue weighted by Gasteiger charge is 2.14. The predicted octanol–water partition coefficient (Wildman–Crippen LogP) is 5.30. The molecule has 0 aliphatic heterocycles. The lowest BCUT2D eigenvalue weighted by atomic mass is 10.2. The number of thiophene rings is 1. The van der Waals surface area contributed by atoms with E-state index in [1.54, 1.807) is 6.07 Å². The van der Waals surface area contributed by atoms with Gasteiger partial charge in [-0.2, -0.15) is 0 Å². The van der Waals surface area contributed by atoms with Gasteiger partial charge in [-0.3, -0.25) is 4.79 Å². The number of ketones is 1. The van der Waals surface area contributed by atoms with Gasteiger partial charge in [0.1, 0.15) is 5.75 Å². The highest BCUT2D eigenvalue weighted by Crippen LogP contribution is 2.32. The van der Waals surface area contributed by atoms with Crippen molar-refractivity contribution in [3.8, 4) is 5.75 Å². The normalized spacial score (nSPS) is 10.4. The molecule has 0 amide bonds. The standard InChI is InChI=1S/C12H7Br3O2S/c13-7-2-1-3-8(4-7)17-6-10(16)9-5-11(14)18-12(9)15/h1-5H,6H2. The van der Waals surface area contributed by atoms with Crippen LogP contribution in [0, 0.1) is 0 Å². The van der Waals surface area contributed by atoms with Crippen LogP contribution in [-0.2, 0) is 0 Å². The smallest absolute Gasteiger partial charge is 0.202 e. The van der Waals surface area contributed by atoms with Crippen molar-refractivity contribution in [2.45, 2.75) is 0 Å². The maximum atomic E-state index is 12.0. The Morgan fingerprint density at radius 2 is 2.00 bits per heavy atom. The fraction of sp³-hybridized carbons (Fsp3) is 0.0833. The number of halogens is 3. The summed E-state index contributed by atoms with van der Waals surface area (Å²) in [6.45, 7) is 0.0260. The van der Waals surface area contributed by atoms with Crippen molar-refractivity contribution in [1.82, 2.24) is 0 Å². The average molecular weight is 455 g/mol. The molecule has 0 atom stereocenters. The lowest BCUT2D eigenvalue weighted by Crippen LogP contribution is -2.11. The second kappa shape index (κ2) is 6.32. The van der Waals surface area contributed by atoms with E-state index in [0.29, 0.717) is 11.3 Å². The van der Waals surface area contributed by atoms with Gasteiger partial charge in [0.15, 0.2) is 6.61 Å². The van der Waals surface area contributed by atoms with Crippen molar-refractivity contribution < 1.29 is 9.53 Å². The van der Waals surface area contributed by atoms with Crippen LogP contribution in [0.2, 0.25) is 0 Å². The molecule has 0 aliphatic carbocycles. The molecule has 0 bridgehead atoms. The van der Waals surface area contributed by atoms with E-state index < -0.39 is 0 Å². The van der Waals surface area contributed by atoms with Crippen LogP contribution in [0.15, 0.2) is 42.4 Å². The Labute approximate surface area is 134 Å². The Kier molecular flexibility index (Phi) is 5.00. The van der Waals surface area contributed by atoms with Crippen LogP contribution in [0.4, 0.5) is 0 Å². The topological polar surface area (TPSA) is 26.3 Å². The van der Waals surface area contributed by atoms with Gasteiger partial charge in [0.25, 0.3) is 0 Å². The first kappa shape index (κ1) is 14.2. The largest absolute Gasteiger partial charge is 0.485 e. The lowest BCUT2D eigenvalue weighted by Gasteiger charge is -2.05. The van der Waals surface area contributed by atoms with Crippen molar-refractivity contribution in [3.05, 3.63) is 47.9 Å². The number of carbonyl (C=O) groups excluding carboxylic acids is 1. The molecule has 0 N–H and O–H groups in total. The van der Waals surface area contributed by atoms with Gasteiger partial charge in [-0.05, 0) is 56.1 Å². The van der Waals surface area contributed by atoms with Gasteiger partial charge >= 0.3 is 0 Å². The van der Waals surface area contributed by atoms with Crippen LogP contribution in [0.1, 0.15) is 10.4 Å². The molecule has 94 valence electrons. The lowest BCUT2D eigenvalue weighted by molar-refractivity contribution is 0.0921. The monoisotopic (exact) mass is 452 g/mol. The number of benzene rings is 1. The first-order valence-corrected chi connectivity index (χ1v) is 8.12. The molecule has 0 radical (unpaired) electrons. The zero-order valence-electron chi connectivity index (χ0n) is 8.95. The number of ether oxygens (including phenoxy) is 1. The van der Waals surface area contributed by atoms with Crippen molar-refractivity contribution in [1.29, 1.82) is 0 Å². The minimum atomic E-state index is -0.0520. The quantitative estimate of drug-likeness (QED) is 0.586. The van der Waals surface area contributed by atoms with Gasteiger partial charge in [-0.1, -0.05) is 22.0 Å². The Morgan fingerprint density at radius 3 is 2.61 bits per heavy atom. The van der Waals surface area contributed by atoms with Crippen LogP contribution < -0.4 is 4.74 Å². The van der Waals surface area contributed by atoms with Crippen LogP contribution >= 0.6 is 59.1 Å². The number of carbonyl (C=O) groups is 1. The fourth-order valence-corrected chi connectivity index (χ4v) is 4.55. The maximum absolute atomic E-state index is 12.0. The van der Waals surface area contributed by atoms with E-state index >= 15 is 0 Å². The SMILES string of the molecule is O=C(COc1cccc(Br)c1)c1cc(Br)sc1Br. The van der Waals surface area contributed by atoms with Crippen molar-refractivity contribution >= 4 is 64.9 Å². The molecule has 2 nitrogen and oxygen atoms in total. The van der Waals surface area contributed by atoms with E-state index in [9.17, 15) is 4.79 Å². The third kappa shape index (κ3) is 3.66. The Morgan fingerprint density at radius 1 is 1.22 bits per heavy atom. The summed E-state index contributed by atoms with van der Waals surface area (Å²) in [6.07, 6.45) is 0. The molecule has 6 heteroatoms. The summed E-state index contributed by atoms with van der Waals surface area (Å²) in [5, 5.41) is 0. The average Bonchev–Trinajstić information content (AvgIpc) is 2.66.